The SMILES string of the molecule is Cc1ccc(CNC(=O)NS(=O)(=O)c2ccccc2)cc1. The molecule has 0 aliphatic heterocycles. The van der Waals surface area contributed by atoms with Crippen molar-refractivity contribution in [3.63, 3.8) is 0 Å². The minimum atomic E-state index is -3.83. The molecule has 5 nitrogen and oxygen atoms in total. The summed E-state index contributed by atoms with van der Waals surface area (Å²) in [5.41, 5.74) is 2.02. The highest BCUT2D eigenvalue weighted by Crippen LogP contribution is 2.07. The van der Waals surface area contributed by atoms with E-state index in [0.717, 1.165) is 11.1 Å². The lowest BCUT2D eigenvalue weighted by Crippen LogP contribution is -2.39. The molecule has 2 aromatic carbocycles. The standard InChI is InChI=1S/C15H16N2O3S/c1-12-7-9-13(10-8-12)11-16-15(18)17-21(19,20)14-5-3-2-4-6-14/h2-10H,11H2,1H3,(H2,16,17,18). The van der Waals surface area contributed by atoms with Crippen molar-refractivity contribution < 1.29 is 13.2 Å². The van der Waals surface area contributed by atoms with Gasteiger partial charge in [0.15, 0.2) is 0 Å². The van der Waals surface area contributed by atoms with Crippen LogP contribution in [-0.4, -0.2) is 14.4 Å². The molecule has 0 spiro atoms. The van der Waals surface area contributed by atoms with Crippen molar-refractivity contribution in [2.24, 2.45) is 0 Å². The van der Waals surface area contributed by atoms with Crippen LogP contribution in [0.2, 0.25) is 0 Å². The van der Waals surface area contributed by atoms with Crippen LogP contribution in [0.5, 0.6) is 0 Å². The van der Waals surface area contributed by atoms with Gasteiger partial charge in [0.05, 0.1) is 4.90 Å². The van der Waals surface area contributed by atoms with Crippen molar-refractivity contribution >= 4 is 16.1 Å². The summed E-state index contributed by atoms with van der Waals surface area (Å²) in [5, 5.41) is 2.52. The maximum atomic E-state index is 11.9. The van der Waals surface area contributed by atoms with Gasteiger partial charge in [-0.1, -0.05) is 48.0 Å². The Bertz CT molecular complexity index is 710. The van der Waals surface area contributed by atoms with Crippen molar-refractivity contribution in [3.05, 3.63) is 65.7 Å². The third-order valence-electron chi connectivity index (χ3n) is 2.85. The van der Waals surface area contributed by atoms with Gasteiger partial charge >= 0.3 is 6.03 Å². The van der Waals surface area contributed by atoms with Gasteiger partial charge in [0.1, 0.15) is 0 Å². The molecule has 2 rings (SSSR count). The van der Waals surface area contributed by atoms with Crippen LogP contribution in [0.1, 0.15) is 11.1 Å². The Hall–Kier alpha value is -2.34. The van der Waals surface area contributed by atoms with E-state index in [0.29, 0.717) is 0 Å². The number of amides is 2. The zero-order valence-corrected chi connectivity index (χ0v) is 12.4. The van der Waals surface area contributed by atoms with E-state index in [1.165, 1.54) is 12.1 Å². The molecule has 0 bridgehead atoms. The molecule has 0 saturated heterocycles. The van der Waals surface area contributed by atoms with Crippen molar-refractivity contribution in [2.75, 3.05) is 0 Å². The molecule has 0 heterocycles. The third kappa shape index (κ3) is 4.32. The summed E-state index contributed by atoms with van der Waals surface area (Å²) in [4.78, 5) is 11.7. The minimum Gasteiger partial charge on any atom is -0.333 e. The number of hydrogen-bond donors (Lipinski definition) is 2. The van der Waals surface area contributed by atoms with Gasteiger partial charge in [0, 0.05) is 6.54 Å². The third-order valence-corrected chi connectivity index (χ3v) is 4.20. The number of carbonyl (C=O) groups excluding carboxylic acids is 1. The molecule has 0 saturated carbocycles. The van der Waals surface area contributed by atoms with Gasteiger partial charge in [0.2, 0.25) is 0 Å². The fourth-order valence-electron chi connectivity index (χ4n) is 1.70. The first-order valence-corrected chi connectivity index (χ1v) is 7.87. The number of rotatable bonds is 4. The molecule has 21 heavy (non-hydrogen) atoms. The topological polar surface area (TPSA) is 75.3 Å². The Morgan fingerprint density at radius 3 is 2.24 bits per heavy atom. The minimum absolute atomic E-state index is 0.0514. The molecule has 0 aliphatic rings. The molecular weight excluding hydrogens is 288 g/mol. The number of hydrogen-bond acceptors (Lipinski definition) is 3. The number of aryl methyl sites for hydroxylation is 1. The molecule has 0 aromatic heterocycles. The van der Waals surface area contributed by atoms with E-state index < -0.39 is 16.1 Å². The fourth-order valence-corrected chi connectivity index (χ4v) is 2.65. The number of nitrogens with one attached hydrogen (secondary N) is 2. The van der Waals surface area contributed by atoms with Crippen molar-refractivity contribution in [1.82, 2.24) is 10.0 Å². The van der Waals surface area contributed by atoms with E-state index in [2.05, 4.69) is 5.32 Å². The van der Waals surface area contributed by atoms with Gasteiger partial charge in [-0.05, 0) is 24.6 Å². The van der Waals surface area contributed by atoms with Gasteiger partial charge in [-0.25, -0.2) is 17.9 Å². The summed E-state index contributed by atoms with van der Waals surface area (Å²) in [7, 11) is -3.83. The molecule has 0 fully saturated rings. The van der Waals surface area contributed by atoms with Gasteiger partial charge in [-0.2, -0.15) is 0 Å². The quantitative estimate of drug-likeness (QED) is 0.909. The van der Waals surface area contributed by atoms with Crippen LogP contribution in [0.25, 0.3) is 0 Å². The van der Waals surface area contributed by atoms with E-state index in [4.69, 9.17) is 0 Å². The van der Waals surface area contributed by atoms with E-state index in [-0.39, 0.29) is 11.4 Å². The average Bonchev–Trinajstić information content (AvgIpc) is 2.47. The molecular formula is C15H16N2O3S. The Balaban J connectivity index is 1.94. The smallest absolute Gasteiger partial charge is 0.328 e. The molecule has 0 radical (unpaired) electrons. The van der Waals surface area contributed by atoms with E-state index in [9.17, 15) is 13.2 Å². The summed E-state index contributed by atoms with van der Waals surface area (Å²) in [5.74, 6) is 0. The molecule has 2 N–H and O–H groups in total. The first-order valence-electron chi connectivity index (χ1n) is 6.38. The summed E-state index contributed by atoms with van der Waals surface area (Å²) in [6.07, 6.45) is 0. The second-order valence-corrected chi connectivity index (χ2v) is 6.27. The molecule has 0 aliphatic carbocycles. The average molecular weight is 304 g/mol. The van der Waals surface area contributed by atoms with Gasteiger partial charge < -0.3 is 5.32 Å². The van der Waals surface area contributed by atoms with Crippen molar-refractivity contribution in [3.8, 4) is 0 Å². The van der Waals surface area contributed by atoms with Gasteiger partial charge in [-0.15, -0.1) is 0 Å². The van der Waals surface area contributed by atoms with Gasteiger partial charge in [-0.3, -0.25) is 0 Å². The molecule has 6 heteroatoms. The number of benzene rings is 2. The lowest BCUT2D eigenvalue weighted by molar-refractivity contribution is 0.245. The van der Waals surface area contributed by atoms with E-state index in [1.807, 2.05) is 35.9 Å². The molecule has 110 valence electrons. The first kappa shape index (κ1) is 15.1. The molecule has 0 unspecified atom stereocenters. The second-order valence-electron chi connectivity index (χ2n) is 4.59. The highest BCUT2D eigenvalue weighted by Gasteiger charge is 2.16. The van der Waals surface area contributed by atoms with Crippen LogP contribution in [0.3, 0.4) is 0 Å². The monoisotopic (exact) mass is 304 g/mol. The van der Waals surface area contributed by atoms with Crippen LogP contribution >= 0.6 is 0 Å². The first-order chi connectivity index (χ1) is 9.97. The molecule has 2 amide bonds. The summed E-state index contributed by atoms with van der Waals surface area (Å²) < 4.78 is 25.8. The zero-order valence-electron chi connectivity index (χ0n) is 11.5. The normalized spacial score (nSPS) is 10.9. The zero-order chi connectivity index (χ0) is 15.3. The van der Waals surface area contributed by atoms with Crippen LogP contribution in [0.4, 0.5) is 4.79 Å². The Morgan fingerprint density at radius 2 is 1.62 bits per heavy atom. The fraction of sp³-hybridized carbons (Fsp3) is 0.133. The van der Waals surface area contributed by atoms with Crippen LogP contribution in [0, 0.1) is 6.92 Å². The second kappa shape index (κ2) is 6.41. The van der Waals surface area contributed by atoms with Crippen LogP contribution in [-0.2, 0) is 16.6 Å². The summed E-state index contributed by atoms with van der Waals surface area (Å²) >= 11 is 0. The van der Waals surface area contributed by atoms with Crippen molar-refractivity contribution in [1.29, 1.82) is 0 Å². The van der Waals surface area contributed by atoms with Crippen molar-refractivity contribution in [2.45, 2.75) is 18.4 Å². The molecule has 2 aromatic rings. The number of carbonyl (C=O) groups is 1. The Labute approximate surface area is 124 Å². The maximum absolute atomic E-state index is 11.9. The lowest BCUT2D eigenvalue weighted by Gasteiger charge is -2.08. The van der Waals surface area contributed by atoms with Gasteiger partial charge in [0.25, 0.3) is 10.0 Å². The predicted octanol–water partition coefficient (Wildman–Crippen LogP) is 2.18. The largest absolute Gasteiger partial charge is 0.333 e. The van der Waals surface area contributed by atoms with Crippen LogP contribution < -0.4 is 10.0 Å². The highest BCUT2D eigenvalue weighted by molar-refractivity contribution is 7.90. The number of sulfonamides is 1. The predicted molar refractivity (Wildman–Crippen MR) is 80.2 cm³/mol. The number of urea groups is 1. The van der Waals surface area contributed by atoms with E-state index >= 15 is 0 Å². The highest BCUT2D eigenvalue weighted by atomic mass is 32.2. The lowest BCUT2D eigenvalue weighted by atomic mass is 10.1. The Kier molecular flexibility index (Phi) is 4.59. The van der Waals surface area contributed by atoms with E-state index in [1.54, 1.807) is 18.2 Å². The maximum Gasteiger partial charge on any atom is 0.328 e. The molecule has 0 atom stereocenters. The summed E-state index contributed by atoms with van der Waals surface area (Å²) in [6.45, 7) is 2.23. The Morgan fingerprint density at radius 1 is 1.00 bits per heavy atom. The van der Waals surface area contributed by atoms with Crippen LogP contribution in [0.15, 0.2) is 59.5 Å². The summed E-state index contributed by atoms with van der Waals surface area (Å²) in [6, 6.07) is 14.6.